The molecule has 212 valence electrons. The Morgan fingerprint density at radius 2 is 1.56 bits per heavy atom. The number of benzene rings is 2. The summed E-state index contributed by atoms with van der Waals surface area (Å²) in [5.41, 5.74) is 0.233. The molecule has 0 saturated heterocycles. The van der Waals surface area contributed by atoms with Crippen LogP contribution in [0.5, 0.6) is 28.7 Å². The number of rotatable bonds is 5. The molecule has 12 heteroatoms. The van der Waals surface area contributed by atoms with Crippen molar-refractivity contribution < 1.29 is 52.0 Å². The number of Topliss-reactive ketones (excluding diaryl/α,β-unsaturated/α-hetero) is 2. The first-order valence-electron chi connectivity index (χ1n) is 12.5. The van der Waals surface area contributed by atoms with E-state index in [9.17, 15) is 19.2 Å². The zero-order chi connectivity index (χ0) is 29.2. The molecule has 41 heavy (non-hydrogen) atoms. The number of hydrogen-bond acceptors (Lipinski definition) is 12. The van der Waals surface area contributed by atoms with E-state index < -0.39 is 28.9 Å². The third-order valence-electron chi connectivity index (χ3n) is 7.49. The minimum absolute atomic E-state index is 0.0247. The third-order valence-corrected chi connectivity index (χ3v) is 7.49. The monoisotopic (exact) mass is 564 g/mol. The predicted octanol–water partition coefficient (Wildman–Crippen LogP) is 3.23. The van der Waals surface area contributed by atoms with Gasteiger partial charge in [0.15, 0.2) is 23.0 Å². The standard InChI is InChI=1S/C29H24O12/c1-34-15-10-16(35-2)25(36-3)20-19(15)24-14(21(30)22(20)31)11-29(41-24)7-6-12-8-13-9-17(27(32)38-5)39-28(33)18(13)26(37-4)23(12)40-29/h8-10H,6-7,11H2,1-5H3. The van der Waals surface area contributed by atoms with Gasteiger partial charge in [0, 0.05) is 12.5 Å². The minimum Gasteiger partial charge on any atom is -0.496 e. The molecule has 1 unspecified atom stereocenters. The molecule has 0 amide bonds. The molecule has 2 aliphatic heterocycles. The molecule has 3 heterocycles. The van der Waals surface area contributed by atoms with Crippen molar-refractivity contribution in [2.75, 3.05) is 35.5 Å². The molecule has 0 radical (unpaired) electrons. The van der Waals surface area contributed by atoms with Crippen LogP contribution in [0.3, 0.4) is 0 Å². The maximum Gasteiger partial charge on any atom is 0.374 e. The van der Waals surface area contributed by atoms with Gasteiger partial charge >= 0.3 is 11.6 Å². The first-order chi connectivity index (χ1) is 19.7. The van der Waals surface area contributed by atoms with Gasteiger partial charge in [0.25, 0.3) is 5.79 Å². The number of fused-ring (bicyclic) bond motifs is 4. The van der Waals surface area contributed by atoms with Crippen LogP contribution in [0.15, 0.2) is 33.0 Å². The summed E-state index contributed by atoms with van der Waals surface area (Å²) in [5, 5.41) is 0.462. The van der Waals surface area contributed by atoms with Gasteiger partial charge in [0.2, 0.25) is 17.3 Å². The van der Waals surface area contributed by atoms with Gasteiger partial charge in [-0.15, -0.1) is 0 Å². The Hall–Kier alpha value is -5.00. The second-order valence-electron chi connectivity index (χ2n) is 9.57. The number of methoxy groups -OCH3 is 5. The summed E-state index contributed by atoms with van der Waals surface area (Å²) < 4.78 is 44.6. The van der Waals surface area contributed by atoms with Crippen LogP contribution in [0.2, 0.25) is 0 Å². The molecule has 1 spiro atoms. The fourth-order valence-corrected chi connectivity index (χ4v) is 5.66. The number of hydrogen-bond donors (Lipinski definition) is 0. The van der Waals surface area contributed by atoms with Gasteiger partial charge in [0.1, 0.15) is 16.9 Å². The summed E-state index contributed by atoms with van der Waals surface area (Å²) in [6.45, 7) is 0. The first kappa shape index (κ1) is 26.2. The highest BCUT2D eigenvalue weighted by molar-refractivity contribution is 6.53. The van der Waals surface area contributed by atoms with Gasteiger partial charge in [-0.25, -0.2) is 9.59 Å². The van der Waals surface area contributed by atoms with Gasteiger partial charge in [-0.3, -0.25) is 9.59 Å². The zero-order valence-corrected chi connectivity index (χ0v) is 22.8. The number of carbonyl (C=O) groups is 3. The van der Waals surface area contributed by atoms with Gasteiger partial charge in [-0.1, -0.05) is 0 Å². The largest absolute Gasteiger partial charge is 0.496 e. The molecule has 1 atom stereocenters. The van der Waals surface area contributed by atoms with Gasteiger partial charge in [-0.05, 0) is 29.5 Å². The van der Waals surface area contributed by atoms with E-state index in [0.717, 1.165) is 0 Å². The van der Waals surface area contributed by atoms with Crippen LogP contribution < -0.4 is 29.3 Å². The highest BCUT2D eigenvalue weighted by atomic mass is 16.7. The van der Waals surface area contributed by atoms with Crippen LogP contribution >= 0.6 is 0 Å². The SMILES string of the molecule is COC(=O)c1cc2cc3c(c(OC)c2c(=O)o1)OC1(CC3)CC2=C(O1)c1c(OC)cc(OC)c(OC)c1C(=O)C2=O. The van der Waals surface area contributed by atoms with Crippen molar-refractivity contribution in [3.63, 3.8) is 0 Å². The maximum absolute atomic E-state index is 13.4. The van der Waals surface area contributed by atoms with E-state index in [1.807, 2.05) is 0 Å². The third kappa shape index (κ3) is 3.66. The lowest BCUT2D eigenvalue weighted by Gasteiger charge is -2.36. The number of esters is 1. The zero-order valence-electron chi connectivity index (χ0n) is 22.8. The molecular weight excluding hydrogens is 540 g/mol. The Morgan fingerprint density at radius 1 is 0.829 bits per heavy atom. The normalized spacial score (nSPS) is 18.8. The van der Waals surface area contributed by atoms with Crippen molar-refractivity contribution in [1.82, 2.24) is 0 Å². The Kier molecular flexibility index (Phi) is 5.94. The van der Waals surface area contributed by atoms with E-state index in [4.69, 9.17) is 32.8 Å². The van der Waals surface area contributed by atoms with Crippen LogP contribution in [0, 0.1) is 0 Å². The Labute approximate surface area is 232 Å². The molecular formula is C29H24O12. The van der Waals surface area contributed by atoms with Crippen molar-refractivity contribution in [2.45, 2.75) is 25.0 Å². The quantitative estimate of drug-likeness (QED) is 0.331. The smallest absolute Gasteiger partial charge is 0.374 e. The van der Waals surface area contributed by atoms with Crippen molar-refractivity contribution in [3.05, 3.63) is 56.6 Å². The summed E-state index contributed by atoms with van der Waals surface area (Å²) in [7, 11) is 6.75. The molecule has 12 nitrogen and oxygen atoms in total. The van der Waals surface area contributed by atoms with E-state index >= 15 is 0 Å². The summed E-state index contributed by atoms with van der Waals surface area (Å²) in [6, 6.07) is 4.65. The Bertz CT molecular complexity index is 1780. The van der Waals surface area contributed by atoms with E-state index in [1.165, 1.54) is 41.6 Å². The summed E-state index contributed by atoms with van der Waals surface area (Å²) in [4.78, 5) is 51.7. The number of aryl methyl sites for hydroxylation is 1. The van der Waals surface area contributed by atoms with Gasteiger partial charge in [0.05, 0.1) is 58.7 Å². The van der Waals surface area contributed by atoms with Crippen molar-refractivity contribution >= 4 is 34.1 Å². The molecule has 6 rings (SSSR count). The van der Waals surface area contributed by atoms with E-state index in [2.05, 4.69) is 4.74 Å². The topological polar surface area (TPSA) is 146 Å². The van der Waals surface area contributed by atoms with Gasteiger partial charge < -0.3 is 37.6 Å². The van der Waals surface area contributed by atoms with Crippen molar-refractivity contribution in [2.24, 2.45) is 0 Å². The average molecular weight is 564 g/mol. The molecule has 3 aliphatic rings. The molecule has 0 N–H and O–H groups in total. The van der Waals surface area contributed by atoms with Gasteiger partial charge in [-0.2, -0.15) is 0 Å². The molecule has 1 aliphatic carbocycles. The van der Waals surface area contributed by atoms with Crippen LogP contribution in [0.4, 0.5) is 0 Å². The van der Waals surface area contributed by atoms with Crippen LogP contribution in [0.1, 0.15) is 44.9 Å². The predicted molar refractivity (Wildman–Crippen MR) is 140 cm³/mol. The molecule has 0 bridgehead atoms. The lowest BCUT2D eigenvalue weighted by atomic mass is 9.85. The number of carbonyl (C=O) groups excluding carboxylic acids is 3. The lowest BCUT2D eigenvalue weighted by molar-refractivity contribution is -0.134. The molecule has 1 aromatic heterocycles. The second kappa shape index (κ2) is 9.29. The molecule has 2 aromatic carbocycles. The Balaban J connectivity index is 1.47. The Morgan fingerprint density at radius 3 is 2.22 bits per heavy atom. The molecule has 0 saturated carbocycles. The molecule has 3 aromatic rings. The van der Waals surface area contributed by atoms with Crippen LogP contribution in [-0.4, -0.2) is 58.9 Å². The summed E-state index contributed by atoms with van der Waals surface area (Å²) in [6.07, 6.45) is 0.647. The summed E-state index contributed by atoms with van der Waals surface area (Å²) >= 11 is 0. The van der Waals surface area contributed by atoms with Crippen molar-refractivity contribution in [3.8, 4) is 28.7 Å². The van der Waals surface area contributed by atoms with Crippen LogP contribution in [-0.2, 0) is 20.7 Å². The fraction of sp³-hybridized carbons (Fsp3) is 0.310. The van der Waals surface area contributed by atoms with Crippen molar-refractivity contribution in [1.29, 1.82) is 0 Å². The highest BCUT2D eigenvalue weighted by Gasteiger charge is 2.53. The number of ketones is 2. The average Bonchev–Trinajstić information content (AvgIpc) is 3.35. The lowest BCUT2D eigenvalue weighted by Crippen LogP contribution is -2.39. The highest BCUT2D eigenvalue weighted by Crippen LogP contribution is 2.55. The summed E-state index contributed by atoms with van der Waals surface area (Å²) in [5.74, 6) is -2.97. The van der Waals surface area contributed by atoms with E-state index in [-0.39, 0.29) is 68.8 Å². The fourth-order valence-electron chi connectivity index (χ4n) is 5.66. The first-order valence-corrected chi connectivity index (χ1v) is 12.5. The number of ether oxygens (including phenoxy) is 7. The minimum atomic E-state index is -1.39. The maximum atomic E-state index is 13.4. The molecule has 0 fully saturated rings. The van der Waals surface area contributed by atoms with Crippen LogP contribution in [0.25, 0.3) is 16.5 Å². The second-order valence-corrected chi connectivity index (χ2v) is 9.57. The van der Waals surface area contributed by atoms with E-state index in [1.54, 1.807) is 12.1 Å². The van der Waals surface area contributed by atoms with E-state index in [0.29, 0.717) is 23.8 Å².